The standard InChI is InChI=1S/C18H21N5O2.ClH/c1-18(2,3)23-16(13(10-20-23)12-7-5-4-6-8-12)22-17(24)14-11-25-15(9-19)21-14;/h4-8,10-11H,9,19H2,1-3H3,(H,22,24);1H. The normalized spacial score (nSPS) is 11.1. The summed E-state index contributed by atoms with van der Waals surface area (Å²) in [5, 5.41) is 7.39. The number of anilines is 1. The summed E-state index contributed by atoms with van der Waals surface area (Å²) in [6.07, 6.45) is 3.06. The molecular weight excluding hydrogens is 354 g/mol. The van der Waals surface area contributed by atoms with Crippen LogP contribution in [0.3, 0.4) is 0 Å². The smallest absolute Gasteiger partial charge is 0.278 e. The van der Waals surface area contributed by atoms with Crippen LogP contribution in [0.4, 0.5) is 5.82 Å². The third-order valence-electron chi connectivity index (χ3n) is 3.68. The van der Waals surface area contributed by atoms with Crippen LogP contribution in [0.1, 0.15) is 37.2 Å². The van der Waals surface area contributed by atoms with Crippen molar-refractivity contribution in [2.45, 2.75) is 32.9 Å². The maximum atomic E-state index is 12.6. The number of nitrogens with one attached hydrogen (secondary N) is 1. The summed E-state index contributed by atoms with van der Waals surface area (Å²) in [5.74, 6) is 0.561. The van der Waals surface area contributed by atoms with Crippen LogP contribution >= 0.6 is 12.4 Å². The van der Waals surface area contributed by atoms with E-state index in [2.05, 4.69) is 15.4 Å². The average molecular weight is 376 g/mol. The molecule has 0 atom stereocenters. The van der Waals surface area contributed by atoms with Gasteiger partial charge in [-0.1, -0.05) is 30.3 Å². The first-order chi connectivity index (χ1) is 11.9. The summed E-state index contributed by atoms with van der Waals surface area (Å²) in [4.78, 5) is 16.7. The van der Waals surface area contributed by atoms with Gasteiger partial charge in [-0.05, 0) is 26.3 Å². The summed E-state index contributed by atoms with van der Waals surface area (Å²) in [6.45, 7) is 6.20. The molecule has 0 saturated carbocycles. The molecule has 3 rings (SSSR count). The SMILES string of the molecule is CC(C)(C)n1ncc(-c2ccccc2)c1NC(=O)c1coc(CN)n1.Cl. The van der Waals surface area contributed by atoms with Gasteiger partial charge in [0.1, 0.15) is 12.1 Å². The van der Waals surface area contributed by atoms with E-state index in [1.165, 1.54) is 6.26 Å². The van der Waals surface area contributed by atoms with Crippen LogP contribution in [0.2, 0.25) is 0 Å². The zero-order chi connectivity index (χ0) is 18.0. The van der Waals surface area contributed by atoms with Crippen LogP contribution in [-0.2, 0) is 12.1 Å². The van der Waals surface area contributed by atoms with Crippen molar-refractivity contribution >= 4 is 24.1 Å². The molecule has 26 heavy (non-hydrogen) atoms. The van der Waals surface area contributed by atoms with Crippen molar-refractivity contribution in [1.29, 1.82) is 0 Å². The van der Waals surface area contributed by atoms with Gasteiger partial charge in [0.05, 0.1) is 18.3 Å². The maximum Gasteiger partial charge on any atom is 0.278 e. The van der Waals surface area contributed by atoms with E-state index in [0.29, 0.717) is 11.7 Å². The largest absolute Gasteiger partial charge is 0.447 e. The van der Waals surface area contributed by atoms with Gasteiger partial charge in [-0.3, -0.25) is 4.79 Å². The zero-order valence-corrected chi connectivity index (χ0v) is 15.7. The lowest BCUT2D eigenvalue weighted by atomic mass is 10.1. The minimum Gasteiger partial charge on any atom is -0.447 e. The monoisotopic (exact) mass is 375 g/mol. The fourth-order valence-electron chi connectivity index (χ4n) is 2.49. The molecule has 0 fully saturated rings. The third-order valence-corrected chi connectivity index (χ3v) is 3.68. The molecule has 2 heterocycles. The van der Waals surface area contributed by atoms with Crippen molar-refractivity contribution in [3.05, 3.63) is 54.4 Å². The molecule has 8 heteroatoms. The van der Waals surface area contributed by atoms with Gasteiger partial charge in [0.25, 0.3) is 5.91 Å². The van der Waals surface area contributed by atoms with E-state index < -0.39 is 0 Å². The Morgan fingerprint density at radius 1 is 1.27 bits per heavy atom. The molecule has 7 nitrogen and oxygen atoms in total. The Labute approximate surface area is 158 Å². The van der Waals surface area contributed by atoms with Crippen molar-refractivity contribution in [1.82, 2.24) is 14.8 Å². The average Bonchev–Trinajstić information content (AvgIpc) is 3.22. The number of aromatic nitrogens is 3. The van der Waals surface area contributed by atoms with Crippen LogP contribution in [0, 0.1) is 0 Å². The topological polar surface area (TPSA) is 99.0 Å². The van der Waals surface area contributed by atoms with Gasteiger partial charge in [-0.15, -0.1) is 12.4 Å². The Bertz CT molecular complexity index is 881. The summed E-state index contributed by atoms with van der Waals surface area (Å²) in [7, 11) is 0. The molecule has 0 radical (unpaired) electrons. The summed E-state index contributed by atoms with van der Waals surface area (Å²) in [5.41, 5.74) is 7.16. The van der Waals surface area contributed by atoms with Gasteiger partial charge in [0.2, 0.25) is 5.89 Å². The van der Waals surface area contributed by atoms with E-state index in [1.807, 2.05) is 51.1 Å². The number of benzene rings is 1. The Morgan fingerprint density at radius 2 is 1.96 bits per heavy atom. The van der Waals surface area contributed by atoms with Crippen LogP contribution in [0.15, 0.2) is 47.2 Å². The first kappa shape index (κ1) is 19.7. The van der Waals surface area contributed by atoms with Crippen molar-refractivity contribution in [2.75, 3.05) is 5.32 Å². The van der Waals surface area contributed by atoms with Gasteiger partial charge in [-0.2, -0.15) is 5.10 Å². The second-order valence-electron chi connectivity index (χ2n) is 6.64. The van der Waals surface area contributed by atoms with E-state index in [-0.39, 0.29) is 36.1 Å². The lowest BCUT2D eigenvalue weighted by Gasteiger charge is -2.23. The molecule has 0 spiro atoms. The Balaban J connectivity index is 0.00000243. The molecule has 2 aromatic heterocycles. The number of oxazole rings is 1. The van der Waals surface area contributed by atoms with E-state index in [1.54, 1.807) is 10.9 Å². The van der Waals surface area contributed by atoms with Gasteiger partial charge >= 0.3 is 0 Å². The number of carbonyl (C=O) groups excluding carboxylic acids is 1. The second-order valence-corrected chi connectivity index (χ2v) is 6.64. The first-order valence-electron chi connectivity index (χ1n) is 8.00. The third kappa shape index (κ3) is 3.95. The van der Waals surface area contributed by atoms with Crippen LogP contribution in [-0.4, -0.2) is 20.7 Å². The Morgan fingerprint density at radius 3 is 2.54 bits per heavy atom. The molecule has 0 aliphatic heterocycles. The highest BCUT2D eigenvalue weighted by molar-refractivity contribution is 6.04. The van der Waals surface area contributed by atoms with Crippen molar-refractivity contribution < 1.29 is 9.21 Å². The molecule has 1 amide bonds. The number of amides is 1. The Kier molecular flexibility index (Phi) is 5.84. The van der Waals surface area contributed by atoms with Crippen molar-refractivity contribution in [3.63, 3.8) is 0 Å². The highest BCUT2D eigenvalue weighted by Crippen LogP contribution is 2.31. The molecule has 0 bridgehead atoms. The van der Waals surface area contributed by atoms with Gasteiger partial charge < -0.3 is 15.5 Å². The number of halogens is 1. The minimum absolute atomic E-state index is 0. The lowest BCUT2D eigenvalue weighted by molar-refractivity contribution is 0.102. The fraction of sp³-hybridized carbons (Fsp3) is 0.278. The number of hydrogen-bond donors (Lipinski definition) is 2. The van der Waals surface area contributed by atoms with E-state index in [0.717, 1.165) is 11.1 Å². The highest BCUT2D eigenvalue weighted by atomic mass is 35.5. The number of nitrogens with two attached hydrogens (primary N) is 1. The van der Waals surface area contributed by atoms with E-state index in [9.17, 15) is 4.79 Å². The lowest BCUT2D eigenvalue weighted by Crippen LogP contribution is -2.27. The van der Waals surface area contributed by atoms with Crippen LogP contribution in [0.5, 0.6) is 0 Å². The number of nitrogens with zero attached hydrogens (tertiary/aromatic N) is 3. The number of rotatable bonds is 4. The second kappa shape index (κ2) is 7.72. The molecular formula is C18H22ClN5O2. The molecule has 0 unspecified atom stereocenters. The van der Waals surface area contributed by atoms with Crippen LogP contribution < -0.4 is 11.1 Å². The highest BCUT2D eigenvalue weighted by Gasteiger charge is 2.24. The summed E-state index contributed by atoms with van der Waals surface area (Å²) >= 11 is 0. The van der Waals surface area contributed by atoms with Gasteiger partial charge in [0, 0.05) is 5.56 Å². The molecule has 1 aromatic carbocycles. The fourth-order valence-corrected chi connectivity index (χ4v) is 2.49. The van der Waals surface area contributed by atoms with Crippen molar-refractivity contribution in [3.8, 4) is 11.1 Å². The molecule has 0 aliphatic rings. The number of carbonyl (C=O) groups is 1. The summed E-state index contributed by atoms with van der Waals surface area (Å²) in [6, 6.07) is 9.78. The summed E-state index contributed by atoms with van der Waals surface area (Å²) < 4.78 is 6.94. The van der Waals surface area contributed by atoms with E-state index in [4.69, 9.17) is 10.2 Å². The molecule has 138 valence electrons. The minimum atomic E-state index is -0.369. The molecule has 3 aromatic rings. The molecule has 3 N–H and O–H groups in total. The first-order valence-corrected chi connectivity index (χ1v) is 8.00. The predicted molar refractivity (Wildman–Crippen MR) is 102 cm³/mol. The van der Waals surface area contributed by atoms with Crippen LogP contribution in [0.25, 0.3) is 11.1 Å². The van der Waals surface area contributed by atoms with Gasteiger partial charge in [-0.25, -0.2) is 9.67 Å². The van der Waals surface area contributed by atoms with Gasteiger partial charge in [0.15, 0.2) is 5.69 Å². The Hall–Kier alpha value is -2.64. The quantitative estimate of drug-likeness (QED) is 0.727. The zero-order valence-electron chi connectivity index (χ0n) is 14.9. The number of hydrogen-bond acceptors (Lipinski definition) is 5. The predicted octanol–water partition coefficient (Wildman–Crippen LogP) is 3.43. The molecule has 0 aliphatic carbocycles. The maximum absolute atomic E-state index is 12.6. The molecule has 0 saturated heterocycles. The van der Waals surface area contributed by atoms with E-state index >= 15 is 0 Å². The van der Waals surface area contributed by atoms with Crippen molar-refractivity contribution in [2.24, 2.45) is 5.73 Å².